The lowest BCUT2D eigenvalue weighted by Crippen LogP contribution is -2.55. The zero-order chi connectivity index (χ0) is 21.6. The van der Waals surface area contributed by atoms with Gasteiger partial charge in [-0.15, -0.1) is 0 Å². The number of aliphatic hydroxyl groups is 1. The highest BCUT2D eigenvalue weighted by Crippen LogP contribution is 2.47. The molecule has 1 aromatic carbocycles. The van der Waals surface area contributed by atoms with E-state index in [-0.39, 0.29) is 25.3 Å². The van der Waals surface area contributed by atoms with Crippen LogP contribution in [0.2, 0.25) is 0 Å². The second-order valence-corrected chi connectivity index (χ2v) is 7.91. The number of oxime groups is 1. The molecule has 0 heterocycles. The molecule has 2 rings (SSSR count). The first-order chi connectivity index (χ1) is 13.8. The molecule has 4 unspecified atom stereocenters. The van der Waals surface area contributed by atoms with Crippen LogP contribution in [0.25, 0.3) is 0 Å². The van der Waals surface area contributed by atoms with Crippen molar-refractivity contribution in [2.75, 3.05) is 13.2 Å². The van der Waals surface area contributed by atoms with Gasteiger partial charge in [-0.25, -0.2) is 0 Å². The van der Waals surface area contributed by atoms with Crippen LogP contribution in [0, 0.1) is 11.8 Å². The topological polar surface area (TPSA) is 105 Å². The Morgan fingerprint density at radius 1 is 1.21 bits per heavy atom. The lowest BCUT2D eigenvalue weighted by atomic mass is 9.61. The number of ether oxygens (including phenoxy) is 2. The Morgan fingerprint density at radius 3 is 2.28 bits per heavy atom. The van der Waals surface area contributed by atoms with Gasteiger partial charge in [-0.3, -0.25) is 9.59 Å². The molecule has 2 N–H and O–H groups in total. The summed E-state index contributed by atoms with van der Waals surface area (Å²) in [6.45, 7) is 8.42. The van der Waals surface area contributed by atoms with Gasteiger partial charge in [0.05, 0.1) is 17.2 Å². The van der Waals surface area contributed by atoms with Gasteiger partial charge in [0.25, 0.3) is 0 Å². The van der Waals surface area contributed by atoms with Crippen molar-refractivity contribution in [3.05, 3.63) is 59.6 Å². The monoisotopic (exact) mass is 465 g/mol. The molecule has 1 aliphatic carbocycles. The van der Waals surface area contributed by atoms with E-state index in [1.807, 2.05) is 0 Å². The SMILES string of the molecule is C=CCOC(=O)C1/C(=N\O)CC(C)(O)C(C(=O)OCC=C)C1c1ccc(Br)cc1. The molecule has 7 nitrogen and oxygen atoms in total. The molecule has 1 fully saturated rings. The van der Waals surface area contributed by atoms with E-state index in [0.29, 0.717) is 5.56 Å². The zero-order valence-corrected chi connectivity index (χ0v) is 17.7. The van der Waals surface area contributed by atoms with E-state index in [2.05, 4.69) is 34.2 Å². The van der Waals surface area contributed by atoms with Crippen molar-refractivity contribution in [2.45, 2.75) is 24.9 Å². The Bertz CT molecular complexity index is 802. The van der Waals surface area contributed by atoms with Crippen LogP contribution in [0.5, 0.6) is 0 Å². The predicted octanol–water partition coefficient (Wildman–Crippen LogP) is 3.21. The van der Waals surface area contributed by atoms with Crippen LogP contribution in [0.3, 0.4) is 0 Å². The molecule has 1 saturated carbocycles. The summed E-state index contributed by atoms with van der Waals surface area (Å²) in [6, 6.07) is 6.97. The van der Waals surface area contributed by atoms with Crippen LogP contribution >= 0.6 is 15.9 Å². The fourth-order valence-corrected chi connectivity index (χ4v) is 3.95. The molecule has 1 aromatic rings. The standard InChI is InChI=1S/C21H24BrNO6/c1-4-10-28-19(24)17-15(23-27)12-21(3,26)18(20(25)29-11-5-2)16(17)13-6-8-14(22)9-7-13/h4-9,16-18,26-27H,1-2,10-12H2,3H3/b23-15-. The zero-order valence-electron chi connectivity index (χ0n) is 16.1. The molecule has 0 spiro atoms. The van der Waals surface area contributed by atoms with E-state index >= 15 is 0 Å². The van der Waals surface area contributed by atoms with E-state index < -0.39 is 35.3 Å². The third-order valence-electron chi connectivity index (χ3n) is 4.86. The van der Waals surface area contributed by atoms with Crippen molar-refractivity contribution in [1.29, 1.82) is 0 Å². The number of nitrogens with zero attached hydrogens (tertiary/aromatic N) is 1. The number of esters is 2. The van der Waals surface area contributed by atoms with Gasteiger partial charge in [0.1, 0.15) is 19.1 Å². The molecule has 0 aromatic heterocycles. The Hall–Kier alpha value is -2.45. The number of rotatable bonds is 7. The second-order valence-electron chi connectivity index (χ2n) is 7.00. The minimum Gasteiger partial charge on any atom is -0.461 e. The summed E-state index contributed by atoms with van der Waals surface area (Å²) in [4.78, 5) is 25.7. The molecule has 0 aliphatic heterocycles. The van der Waals surface area contributed by atoms with E-state index in [1.165, 1.54) is 19.1 Å². The number of hydrogen-bond donors (Lipinski definition) is 2. The molecule has 8 heteroatoms. The Morgan fingerprint density at radius 2 is 1.76 bits per heavy atom. The van der Waals surface area contributed by atoms with Gasteiger partial charge in [-0.05, 0) is 24.6 Å². The predicted molar refractivity (Wildman–Crippen MR) is 111 cm³/mol. The number of carbonyl (C=O) groups excluding carboxylic acids is 2. The molecular formula is C21H24BrNO6. The third-order valence-corrected chi connectivity index (χ3v) is 5.39. The molecule has 4 atom stereocenters. The minimum absolute atomic E-state index is 0.0322. The number of halogens is 1. The first-order valence-corrected chi connectivity index (χ1v) is 9.79. The lowest BCUT2D eigenvalue weighted by molar-refractivity contribution is -0.162. The maximum Gasteiger partial charge on any atom is 0.315 e. The highest BCUT2D eigenvalue weighted by atomic mass is 79.9. The Kier molecular flexibility index (Phi) is 7.75. The second kappa shape index (κ2) is 9.84. The van der Waals surface area contributed by atoms with Crippen molar-refractivity contribution in [2.24, 2.45) is 17.0 Å². The summed E-state index contributed by atoms with van der Waals surface area (Å²) in [5, 5.41) is 23.9. The highest BCUT2D eigenvalue weighted by Gasteiger charge is 2.56. The van der Waals surface area contributed by atoms with Gasteiger partial charge >= 0.3 is 11.9 Å². The first-order valence-electron chi connectivity index (χ1n) is 9.00. The van der Waals surface area contributed by atoms with Crippen LogP contribution in [0.1, 0.15) is 24.8 Å². The minimum atomic E-state index is -1.62. The molecular weight excluding hydrogens is 442 g/mol. The van der Waals surface area contributed by atoms with Gasteiger partial charge in [0.2, 0.25) is 0 Å². The van der Waals surface area contributed by atoms with Crippen LogP contribution < -0.4 is 0 Å². The highest BCUT2D eigenvalue weighted by molar-refractivity contribution is 9.10. The first kappa shape index (κ1) is 22.8. The van der Waals surface area contributed by atoms with Crippen molar-refractivity contribution in [3.63, 3.8) is 0 Å². The average Bonchev–Trinajstić information content (AvgIpc) is 2.69. The van der Waals surface area contributed by atoms with Crippen molar-refractivity contribution in [1.82, 2.24) is 0 Å². The van der Waals surface area contributed by atoms with Crippen molar-refractivity contribution >= 4 is 33.6 Å². The maximum absolute atomic E-state index is 12.9. The largest absolute Gasteiger partial charge is 0.461 e. The van der Waals surface area contributed by atoms with Gasteiger partial charge in [0, 0.05) is 16.8 Å². The number of hydrogen-bond acceptors (Lipinski definition) is 7. The summed E-state index contributed by atoms with van der Waals surface area (Å²) >= 11 is 3.36. The van der Waals surface area contributed by atoms with Gasteiger partial charge in [0.15, 0.2) is 0 Å². The maximum atomic E-state index is 12.9. The summed E-state index contributed by atoms with van der Waals surface area (Å²) in [6.07, 6.45) is 2.63. The van der Waals surface area contributed by atoms with E-state index in [0.717, 1.165) is 4.47 Å². The summed E-state index contributed by atoms with van der Waals surface area (Å²) in [7, 11) is 0. The number of carbonyl (C=O) groups is 2. The fourth-order valence-electron chi connectivity index (χ4n) is 3.69. The molecule has 0 amide bonds. The summed E-state index contributed by atoms with van der Waals surface area (Å²) in [5.41, 5.74) is -0.993. The van der Waals surface area contributed by atoms with Gasteiger partial charge < -0.3 is 19.8 Å². The molecule has 29 heavy (non-hydrogen) atoms. The molecule has 0 radical (unpaired) electrons. The molecule has 1 aliphatic rings. The van der Waals surface area contributed by atoms with E-state index in [1.54, 1.807) is 24.3 Å². The summed E-state index contributed by atoms with van der Waals surface area (Å²) in [5.74, 6) is -4.41. The average molecular weight is 466 g/mol. The Balaban J connectivity index is 2.62. The van der Waals surface area contributed by atoms with Crippen LogP contribution in [-0.2, 0) is 19.1 Å². The molecule has 0 saturated heterocycles. The van der Waals surface area contributed by atoms with Gasteiger partial charge in [-0.2, -0.15) is 0 Å². The van der Waals surface area contributed by atoms with Crippen molar-refractivity contribution in [3.8, 4) is 0 Å². The molecule has 0 bridgehead atoms. The van der Waals surface area contributed by atoms with Crippen LogP contribution in [-0.4, -0.2) is 46.8 Å². The van der Waals surface area contributed by atoms with Crippen LogP contribution in [0.4, 0.5) is 0 Å². The smallest absolute Gasteiger partial charge is 0.315 e. The van der Waals surface area contributed by atoms with E-state index in [4.69, 9.17) is 9.47 Å². The van der Waals surface area contributed by atoms with Crippen LogP contribution in [0.15, 0.2) is 59.2 Å². The lowest BCUT2D eigenvalue weighted by Gasteiger charge is -2.44. The summed E-state index contributed by atoms with van der Waals surface area (Å²) < 4.78 is 11.2. The number of benzene rings is 1. The Labute approximate surface area is 177 Å². The molecule has 156 valence electrons. The van der Waals surface area contributed by atoms with Gasteiger partial charge in [-0.1, -0.05) is 58.5 Å². The van der Waals surface area contributed by atoms with Crippen molar-refractivity contribution < 1.29 is 29.4 Å². The quantitative estimate of drug-likeness (QED) is 0.277. The fraction of sp³-hybridized carbons (Fsp3) is 0.381. The third kappa shape index (κ3) is 5.13. The van der Waals surface area contributed by atoms with E-state index in [9.17, 15) is 19.9 Å². The normalized spacial score (nSPS) is 27.8.